The second kappa shape index (κ2) is 5.41. The van der Waals surface area contributed by atoms with Crippen LogP contribution in [0, 0.1) is 0 Å². The van der Waals surface area contributed by atoms with Gasteiger partial charge in [0.1, 0.15) is 5.82 Å². The van der Waals surface area contributed by atoms with Crippen LogP contribution in [0.1, 0.15) is 48.8 Å². The van der Waals surface area contributed by atoms with Gasteiger partial charge in [0.15, 0.2) is 0 Å². The highest BCUT2D eigenvalue weighted by atomic mass is 16.5. The van der Waals surface area contributed by atoms with E-state index >= 15 is 0 Å². The number of hydrogen-bond acceptors (Lipinski definition) is 3. The maximum Gasteiger partial charge on any atom is 0.110 e. The third-order valence-corrected chi connectivity index (χ3v) is 4.20. The van der Waals surface area contributed by atoms with Gasteiger partial charge in [-0.2, -0.15) is 0 Å². The minimum absolute atomic E-state index is 0.615. The van der Waals surface area contributed by atoms with E-state index in [0.29, 0.717) is 12.5 Å². The molecule has 0 bridgehead atoms. The van der Waals surface area contributed by atoms with Crippen LogP contribution >= 0.6 is 0 Å². The van der Waals surface area contributed by atoms with Crippen molar-refractivity contribution in [3.63, 3.8) is 0 Å². The van der Waals surface area contributed by atoms with Crippen LogP contribution in [0.4, 0.5) is 0 Å². The van der Waals surface area contributed by atoms with Crippen molar-refractivity contribution in [3.8, 4) is 0 Å². The third kappa shape index (κ3) is 2.19. The first-order valence-corrected chi connectivity index (χ1v) is 7.26. The first kappa shape index (κ1) is 12.2. The first-order valence-electron chi connectivity index (χ1n) is 7.26. The van der Waals surface area contributed by atoms with Crippen LogP contribution in [0.2, 0.25) is 0 Å². The van der Waals surface area contributed by atoms with Crippen LogP contribution < -0.4 is 5.73 Å². The molecule has 3 rings (SSSR count). The molecule has 0 saturated carbocycles. The Morgan fingerprint density at radius 1 is 1.28 bits per heavy atom. The maximum absolute atomic E-state index is 5.71. The molecular formula is C14H23N3O. The fourth-order valence-electron chi connectivity index (χ4n) is 3.27. The van der Waals surface area contributed by atoms with E-state index in [0.717, 1.165) is 39.0 Å². The second-order valence-corrected chi connectivity index (χ2v) is 5.39. The Hall–Kier alpha value is -0.870. The van der Waals surface area contributed by atoms with Crippen LogP contribution in [0.5, 0.6) is 0 Å². The number of rotatable bonds is 3. The van der Waals surface area contributed by atoms with Crippen LogP contribution in [-0.2, 0) is 24.1 Å². The van der Waals surface area contributed by atoms with E-state index in [2.05, 4.69) is 4.57 Å². The average Bonchev–Trinajstić information content (AvgIpc) is 2.80. The van der Waals surface area contributed by atoms with Crippen molar-refractivity contribution < 1.29 is 4.74 Å². The van der Waals surface area contributed by atoms with Gasteiger partial charge in [-0.3, -0.25) is 0 Å². The van der Waals surface area contributed by atoms with Gasteiger partial charge in [-0.25, -0.2) is 4.98 Å². The van der Waals surface area contributed by atoms with Crippen LogP contribution in [0.3, 0.4) is 0 Å². The van der Waals surface area contributed by atoms with Crippen molar-refractivity contribution in [2.75, 3.05) is 19.8 Å². The monoisotopic (exact) mass is 249 g/mol. The predicted molar refractivity (Wildman–Crippen MR) is 70.7 cm³/mol. The average molecular weight is 249 g/mol. The Kier molecular flexibility index (Phi) is 3.66. The van der Waals surface area contributed by atoms with Gasteiger partial charge < -0.3 is 15.0 Å². The Balaban J connectivity index is 1.92. The summed E-state index contributed by atoms with van der Waals surface area (Å²) < 4.78 is 7.91. The normalized spacial score (nSPS) is 20.9. The SMILES string of the molecule is NCCc1nc(C2CCOCC2)c2n1CCCC2. The van der Waals surface area contributed by atoms with Gasteiger partial charge >= 0.3 is 0 Å². The molecule has 1 aromatic heterocycles. The topological polar surface area (TPSA) is 53.1 Å². The molecule has 0 radical (unpaired) electrons. The molecule has 2 aliphatic rings. The zero-order valence-corrected chi connectivity index (χ0v) is 11.0. The van der Waals surface area contributed by atoms with Crippen LogP contribution in [0.15, 0.2) is 0 Å². The zero-order chi connectivity index (χ0) is 12.4. The zero-order valence-electron chi connectivity index (χ0n) is 11.0. The van der Waals surface area contributed by atoms with Gasteiger partial charge in [-0.05, 0) is 38.6 Å². The number of nitrogens with zero attached hydrogens (tertiary/aromatic N) is 2. The van der Waals surface area contributed by atoms with E-state index in [9.17, 15) is 0 Å². The third-order valence-electron chi connectivity index (χ3n) is 4.20. The van der Waals surface area contributed by atoms with Crippen LogP contribution in [0.25, 0.3) is 0 Å². The Labute approximate surface area is 109 Å². The van der Waals surface area contributed by atoms with Crippen molar-refractivity contribution in [1.82, 2.24) is 9.55 Å². The lowest BCUT2D eigenvalue weighted by molar-refractivity contribution is 0.0843. The molecule has 18 heavy (non-hydrogen) atoms. The van der Waals surface area contributed by atoms with Crippen molar-refractivity contribution >= 4 is 0 Å². The highest BCUT2D eigenvalue weighted by Gasteiger charge is 2.26. The lowest BCUT2D eigenvalue weighted by Crippen LogP contribution is -2.18. The molecule has 1 fully saturated rings. The largest absolute Gasteiger partial charge is 0.381 e. The predicted octanol–water partition coefficient (Wildman–Crippen LogP) is 1.61. The van der Waals surface area contributed by atoms with Gasteiger partial charge in [0.2, 0.25) is 0 Å². The van der Waals surface area contributed by atoms with E-state index < -0.39 is 0 Å². The lowest BCUT2D eigenvalue weighted by atomic mass is 9.93. The quantitative estimate of drug-likeness (QED) is 0.885. The first-order chi connectivity index (χ1) is 8.90. The summed E-state index contributed by atoms with van der Waals surface area (Å²) in [5.41, 5.74) is 8.57. The molecule has 0 unspecified atom stereocenters. The van der Waals surface area contributed by atoms with Crippen molar-refractivity contribution in [2.45, 2.75) is 51.0 Å². The summed E-state index contributed by atoms with van der Waals surface area (Å²) in [5, 5.41) is 0. The van der Waals surface area contributed by atoms with E-state index in [1.807, 2.05) is 0 Å². The van der Waals surface area contributed by atoms with Gasteiger partial charge in [0, 0.05) is 37.8 Å². The lowest BCUT2D eigenvalue weighted by Gasteiger charge is -2.23. The number of aromatic nitrogens is 2. The molecule has 1 saturated heterocycles. The molecule has 0 amide bonds. The molecule has 0 spiro atoms. The summed E-state index contributed by atoms with van der Waals surface area (Å²) in [6.07, 6.45) is 6.97. The van der Waals surface area contributed by atoms with E-state index in [1.54, 1.807) is 0 Å². The van der Waals surface area contributed by atoms with Gasteiger partial charge in [-0.1, -0.05) is 0 Å². The smallest absolute Gasteiger partial charge is 0.110 e. The highest BCUT2D eigenvalue weighted by Crippen LogP contribution is 2.32. The van der Waals surface area contributed by atoms with Crippen molar-refractivity contribution in [1.29, 1.82) is 0 Å². The molecule has 1 aromatic rings. The fourth-order valence-corrected chi connectivity index (χ4v) is 3.27. The standard InChI is InChI=1S/C14H23N3O/c15-7-4-13-16-14(11-5-9-18-10-6-11)12-3-1-2-8-17(12)13/h11H,1-10,15H2. The fraction of sp³-hybridized carbons (Fsp3) is 0.786. The molecule has 2 aliphatic heterocycles. The molecule has 2 N–H and O–H groups in total. The number of nitrogens with two attached hydrogens (primary N) is 1. The summed E-state index contributed by atoms with van der Waals surface area (Å²) in [6.45, 7) is 3.62. The minimum atomic E-state index is 0.615. The van der Waals surface area contributed by atoms with E-state index in [-0.39, 0.29) is 0 Å². The van der Waals surface area contributed by atoms with Gasteiger partial charge in [-0.15, -0.1) is 0 Å². The van der Waals surface area contributed by atoms with Gasteiger partial charge in [0.05, 0.1) is 5.69 Å². The number of imidazole rings is 1. The number of fused-ring (bicyclic) bond motifs is 1. The van der Waals surface area contributed by atoms with Crippen molar-refractivity contribution in [3.05, 3.63) is 17.2 Å². The molecule has 4 nitrogen and oxygen atoms in total. The number of hydrogen-bond donors (Lipinski definition) is 1. The molecule has 0 atom stereocenters. The van der Waals surface area contributed by atoms with E-state index in [4.69, 9.17) is 15.5 Å². The number of ether oxygens (including phenoxy) is 1. The molecule has 100 valence electrons. The summed E-state index contributed by atoms with van der Waals surface area (Å²) in [7, 11) is 0. The van der Waals surface area contributed by atoms with E-state index in [1.165, 1.54) is 36.5 Å². The molecule has 4 heteroatoms. The molecule has 0 aliphatic carbocycles. The van der Waals surface area contributed by atoms with Crippen LogP contribution in [-0.4, -0.2) is 29.3 Å². The Morgan fingerprint density at radius 2 is 2.11 bits per heavy atom. The molecule has 0 aromatic carbocycles. The highest BCUT2D eigenvalue weighted by molar-refractivity contribution is 5.23. The Morgan fingerprint density at radius 3 is 2.89 bits per heavy atom. The molecule has 3 heterocycles. The summed E-state index contributed by atoms with van der Waals surface area (Å²) >= 11 is 0. The Bertz CT molecular complexity index is 407. The summed E-state index contributed by atoms with van der Waals surface area (Å²) in [4.78, 5) is 4.93. The minimum Gasteiger partial charge on any atom is -0.381 e. The molecular weight excluding hydrogens is 226 g/mol. The summed E-state index contributed by atoms with van der Waals surface area (Å²) in [5.74, 6) is 1.83. The maximum atomic E-state index is 5.71. The summed E-state index contributed by atoms with van der Waals surface area (Å²) in [6, 6.07) is 0. The van der Waals surface area contributed by atoms with Crippen molar-refractivity contribution in [2.24, 2.45) is 5.73 Å². The van der Waals surface area contributed by atoms with Gasteiger partial charge in [0.25, 0.3) is 0 Å². The second-order valence-electron chi connectivity index (χ2n) is 5.39.